The molecule has 0 aliphatic carbocycles. The third-order valence-electron chi connectivity index (χ3n) is 5.01. The molecule has 4 aromatic rings. The lowest BCUT2D eigenvalue weighted by Crippen LogP contribution is -2.29. The third-order valence-corrected chi connectivity index (χ3v) is 5.01. The second kappa shape index (κ2) is 8.29. The average molecular weight is 398 g/mol. The van der Waals surface area contributed by atoms with Crippen LogP contribution in [0, 0.1) is 0 Å². The highest BCUT2D eigenvalue weighted by Gasteiger charge is 2.16. The van der Waals surface area contributed by atoms with Gasteiger partial charge in [0, 0.05) is 11.9 Å². The number of hydrogen-bond donors (Lipinski definition) is 1. The molecule has 1 aromatic heterocycles. The quantitative estimate of drug-likeness (QED) is 0.406. The zero-order chi connectivity index (χ0) is 21.1. The van der Waals surface area contributed by atoms with Gasteiger partial charge in [0.2, 0.25) is 0 Å². The maximum atomic E-state index is 12.9. The summed E-state index contributed by atoms with van der Waals surface area (Å²) in [5.41, 5.74) is 4.19. The van der Waals surface area contributed by atoms with E-state index in [0.29, 0.717) is 23.0 Å². The zero-order valence-electron chi connectivity index (χ0n) is 16.9. The van der Waals surface area contributed by atoms with Crippen molar-refractivity contribution in [3.63, 3.8) is 0 Å². The van der Waals surface area contributed by atoms with Crippen LogP contribution in [0.4, 0.5) is 0 Å². The van der Waals surface area contributed by atoms with Gasteiger partial charge in [-0.1, -0.05) is 61.5 Å². The van der Waals surface area contributed by atoms with Gasteiger partial charge >= 0.3 is 0 Å². The summed E-state index contributed by atoms with van der Waals surface area (Å²) in [6.07, 6.45) is 0.742. The van der Waals surface area contributed by atoms with Crippen molar-refractivity contribution in [2.75, 3.05) is 0 Å². The van der Waals surface area contributed by atoms with Crippen molar-refractivity contribution in [2.45, 2.75) is 26.8 Å². The maximum Gasteiger partial charge on any atom is 0.292 e. The Balaban J connectivity index is 1.67. The molecule has 4 rings (SSSR count). The van der Waals surface area contributed by atoms with Gasteiger partial charge in [0.25, 0.3) is 11.5 Å². The standard InChI is InChI=1S/C24H22N4O2/c1-3-14-28-24(30)21-11-7-6-10-20(21)22(27-28)23(29)26-25-16(2)18-13-12-17-8-4-5-9-19(17)15-18/h4-13,15H,3,14H2,1-2H3,(H,26,29)/b25-16+. The predicted octanol–water partition coefficient (Wildman–Crippen LogP) is 4.11. The fourth-order valence-corrected chi connectivity index (χ4v) is 3.43. The molecule has 0 fully saturated rings. The summed E-state index contributed by atoms with van der Waals surface area (Å²) >= 11 is 0. The van der Waals surface area contributed by atoms with Crippen LogP contribution < -0.4 is 11.0 Å². The highest BCUT2D eigenvalue weighted by Crippen LogP contribution is 2.16. The van der Waals surface area contributed by atoms with Gasteiger partial charge < -0.3 is 0 Å². The van der Waals surface area contributed by atoms with Crippen molar-refractivity contribution in [2.24, 2.45) is 5.10 Å². The number of aryl methyl sites for hydroxylation is 1. The van der Waals surface area contributed by atoms with Crippen molar-refractivity contribution in [1.82, 2.24) is 15.2 Å². The number of benzene rings is 3. The molecule has 0 aliphatic heterocycles. The topological polar surface area (TPSA) is 76.3 Å². The molecule has 0 atom stereocenters. The average Bonchev–Trinajstić information content (AvgIpc) is 2.79. The van der Waals surface area contributed by atoms with E-state index in [0.717, 1.165) is 22.8 Å². The number of hydrazone groups is 1. The van der Waals surface area contributed by atoms with Crippen LogP contribution in [0.15, 0.2) is 76.6 Å². The first-order valence-corrected chi connectivity index (χ1v) is 9.92. The van der Waals surface area contributed by atoms with Crippen LogP contribution >= 0.6 is 0 Å². The van der Waals surface area contributed by atoms with Crippen LogP contribution in [0.25, 0.3) is 21.5 Å². The molecule has 6 nitrogen and oxygen atoms in total. The molecule has 3 aromatic carbocycles. The SMILES string of the molecule is CCCn1nc(C(=O)N/N=C(\C)c2ccc3ccccc3c2)c2ccccc2c1=O. The number of rotatable bonds is 5. The van der Waals surface area contributed by atoms with Crippen LogP contribution in [-0.4, -0.2) is 21.4 Å². The minimum Gasteiger partial charge on any atom is -0.267 e. The van der Waals surface area contributed by atoms with E-state index in [1.165, 1.54) is 4.68 Å². The molecular weight excluding hydrogens is 376 g/mol. The number of carbonyl (C=O) groups is 1. The molecule has 0 spiro atoms. The number of hydrogen-bond acceptors (Lipinski definition) is 4. The summed E-state index contributed by atoms with van der Waals surface area (Å²) in [6, 6.07) is 21.1. The van der Waals surface area contributed by atoms with E-state index in [1.54, 1.807) is 24.3 Å². The van der Waals surface area contributed by atoms with E-state index in [1.807, 2.05) is 50.2 Å². The first-order valence-electron chi connectivity index (χ1n) is 9.92. The first-order chi connectivity index (χ1) is 14.6. The fraction of sp³-hybridized carbons (Fsp3) is 0.167. The number of nitrogens with one attached hydrogen (secondary N) is 1. The monoisotopic (exact) mass is 398 g/mol. The third kappa shape index (κ3) is 3.72. The largest absolute Gasteiger partial charge is 0.292 e. The lowest BCUT2D eigenvalue weighted by atomic mass is 10.0. The maximum absolute atomic E-state index is 12.9. The van der Waals surface area contributed by atoms with E-state index in [4.69, 9.17) is 0 Å². The summed E-state index contributed by atoms with van der Waals surface area (Å²) in [5.74, 6) is -0.448. The van der Waals surface area contributed by atoms with Gasteiger partial charge in [-0.25, -0.2) is 10.1 Å². The molecule has 1 amide bonds. The number of aromatic nitrogens is 2. The van der Waals surface area contributed by atoms with Gasteiger partial charge in [-0.15, -0.1) is 0 Å². The van der Waals surface area contributed by atoms with Gasteiger partial charge in [0.05, 0.1) is 11.1 Å². The van der Waals surface area contributed by atoms with E-state index in [9.17, 15) is 9.59 Å². The second-order valence-corrected chi connectivity index (χ2v) is 7.12. The Morgan fingerprint density at radius 1 is 1.00 bits per heavy atom. The molecule has 1 N–H and O–H groups in total. The zero-order valence-corrected chi connectivity index (χ0v) is 16.9. The summed E-state index contributed by atoms with van der Waals surface area (Å²) in [7, 11) is 0. The predicted molar refractivity (Wildman–Crippen MR) is 120 cm³/mol. The van der Waals surface area contributed by atoms with Crippen molar-refractivity contribution in [3.8, 4) is 0 Å². The Morgan fingerprint density at radius 3 is 2.47 bits per heavy atom. The molecular formula is C24H22N4O2. The van der Waals surface area contributed by atoms with E-state index in [-0.39, 0.29) is 11.3 Å². The van der Waals surface area contributed by atoms with Crippen molar-refractivity contribution in [3.05, 3.63) is 88.3 Å². The molecule has 150 valence electrons. The van der Waals surface area contributed by atoms with E-state index >= 15 is 0 Å². The fourth-order valence-electron chi connectivity index (χ4n) is 3.43. The Morgan fingerprint density at radius 2 is 1.70 bits per heavy atom. The first kappa shape index (κ1) is 19.5. The summed E-state index contributed by atoms with van der Waals surface area (Å²) in [4.78, 5) is 25.5. The number of amides is 1. The van der Waals surface area contributed by atoms with Crippen LogP contribution in [0.1, 0.15) is 36.3 Å². The van der Waals surface area contributed by atoms with Crippen LogP contribution in [0.5, 0.6) is 0 Å². The molecule has 0 radical (unpaired) electrons. The van der Waals surface area contributed by atoms with Crippen LogP contribution in [0.3, 0.4) is 0 Å². The van der Waals surface area contributed by atoms with Gasteiger partial charge in [0.1, 0.15) is 0 Å². The molecule has 30 heavy (non-hydrogen) atoms. The summed E-state index contributed by atoms with van der Waals surface area (Å²) in [6.45, 7) is 4.25. The molecule has 0 saturated carbocycles. The van der Waals surface area contributed by atoms with Crippen molar-refractivity contribution < 1.29 is 4.79 Å². The normalized spacial score (nSPS) is 11.7. The molecule has 0 unspecified atom stereocenters. The second-order valence-electron chi connectivity index (χ2n) is 7.12. The Labute approximate surface area is 173 Å². The van der Waals surface area contributed by atoms with Crippen LogP contribution in [-0.2, 0) is 6.54 Å². The molecule has 6 heteroatoms. The van der Waals surface area contributed by atoms with E-state index in [2.05, 4.69) is 21.7 Å². The Kier molecular flexibility index (Phi) is 5.39. The summed E-state index contributed by atoms with van der Waals surface area (Å²) in [5, 5.41) is 11.8. The van der Waals surface area contributed by atoms with Gasteiger partial charge in [-0.05, 0) is 41.8 Å². The van der Waals surface area contributed by atoms with Crippen LogP contribution in [0.2, 0.25) is 0 Å². The molecule has 1 heterocycles. The molecule has 0 saturated heterocycles. The number of fused-ring (bicyclic) bond motifs is 2. The van der Waals surface area contributed by atoms with Gasteiger partial charge in [0.15, 0.2) is 5.69 Å². The Hall–Kier alpha value is -3.80. The molecule has 0 bridgehead atoms. The minimum atomic E-state index is -0.448. The lowest BCUT2D eigenvalue weighted by Gasteiger charge is -2.10. The highest BCUT2D eigenvalue weighted by molar-refractivity contribution is 6.06. The number of nitrogens with zero attached hydrogens (tertiary/aromatic N) is 3. The van der Waals surface area contributed by atoms with Crippen molar-refractivity contribution in [1.29, 1.82) is 0 Å². The smallest absolute Gasteiger partial charge is 0.267 e. The Bertz CT molecular complexity index is 1340. The number of carbonyl (C=O) groups excluding carboxylic acids is 1. The van der Waals surface area contributed by atoms with E-state index < -0.39 is 5.91 Å². The van der Waals surface area contributed by atoms with Gasteiger partial charge in [-0.2, -0.15) is 10.2 Å². The summed E-state index contributed by atoms with van der Waals surface area (Å²) < 4.78 is 1.34. The highest BCUT2D eigenvalue weighted by atomic mass is 16.2. The van der Waals surface area contributed by atoms with Crippen molar-refractivity contribution >= 4 is 33.2 Å². The minimum absolute atomic E-state index is 0.189. The molecule has 0 aliphatic rings. The lowest BCUT2D eigenvalue weighted by molar-refractivity contribution is 0.0949. The van der Waals surface area contributed by atoms with Gasteiger partial charge in [-0.3, -0.25) is 9.59 Å².